The second-order valence-corrected chi connectivity index (χ2v) is 5.83. The number of quaternary nitrogens is 1. The molecule has 0 radical (unpaired) electrons. The van der Waals surface area contributed by atoms with Crippen molar-refractivity contribution in [2.75, 3.05) is 44.7 Å². The van der Waals surface area contributed by atoms with E-state index < -0.39 is 0 Å². The zero-order valence-electron chi connectivity index (χ0n) is 13.9. The lowest BCUT2D eigenvalue weighted by Crippen LogP contribution is -3.19. The molecule has 0 aliphatic carbocycles. The van der Waals surface area contributed by atoms with E-state index in [2.05, 4.69) is 23.2 Å². The van der Waals surface area contributed by atoms with Crippen LogP contribution in [0, 0.1) is 0 Å². The van der Waals surface area contributed by atoms with Gasteiger partial charge in [0.2, 0.25) is 0 Å². The summed E-state index contributed by atoms with van der Waals surface area (Å²) in [6, 6.07) is 8.14. The Hall–Kier alpha value is -1.75. The quantitative estimate of drug-likeness (QED) is 0.795. The van der Waals surface area contributed by atoms with Gasteiger partial charge in [-0.3, -0.25) is 4.79 Å². The summed E-state index contributed by atoms with van der Waals surface area (Å²) in [6.07, 6.45) is 0.982. The summed E-state index contributed by atoms with van der Waals surface area (Å²) in [5, 5.41) is 3.00. The standard InChI is InChI=1S/C17H27N3O2/c1-4-9-18-17(21)14(2)19-10-12-20(13-11-19)15-7-5-6-8-16(15)22-3/h5-8,14H,4,9-13H2,1-3H3,(H,18,21)/p+1/t14-/m1/s1. The van der Waals surface area contributed by atoms with Crippen molar-refractivity contribution in [2.24, 2.45) is 0 Å². The van der Waals surface area contributed by atoms with E-state index in [9.17, 15) is 4.79 Å². The third-order valence-electron chi connectivity index (χ3n) is 4.39. The van der Waals surface area contributed by atoms with Gasteiger partial charge in [0.25, 0.3) is 5.91 Å². The second kappa shape index (κ2) is 8.03. The molecular weight excluding hydrogens is 278 g/mol. The van der Waals surface area contributed by atoms with Gasteiger partial charge in [-0.25, -0.2) is 0 Å². The first kappa shape index (κ1) is 16.6. The fourth-order valence-corrected chi connectivity index (χ4v) is 2.95. The van der Waals surface area contributed by atoms with Crippen molar-refractivity contribution in [1.29, 1.82) is 0 Å². The molecule has 1 fully saturated rings. The van der Waals surface area contributed by atoms with Crippen molar-refractivity contribution in [2.45, 2.75) is 26.3 Å². The molecule has 0 spiro atoms. The van der Waals surface area contributed by atoms with Crippen LogP contribution in [0.5, 0.6) is 5.75 Å². The van der Waals surface area contributed by atoms with E-state index in [0.717, 1.165) is 50.6 Å². The van der Waals surface area contributed by atoms with Gasteiger partial charge in [0, 0.05) is 6.54 Å². The topological polar surface area (TPSA) is 46.0 Å². The van der Waals surface area contributed by atoms with Crippen LogP contribution in [-0.4, -0.2) is 51.8 Å². The Morgan fingerprint density at radius 3 is 2.68 bits per heavy atom. The van der Waals surface area contributed by atoms with E-state index in [4.69, 9.17) is 4.74 Å². The molecule has 1 saturated heterocycles. The Balaban J connectivity index is 1.91. The number of amides is 1. The maximum atomic E-state index is 12.1. The fourth-order valence-electron chi connectivity index (χ4n) is 2.95. The molecule has 0 saturated carbocycles. The van der Waals surface area contributed by atoms with Crippen molar-refractivity contribution in [1.82, 2.24) is 5.32 Å². The summed E-state index contributed by atoms with van der Waals surface area (Å²) < 4.78 is 5.44. The van der Waals surface area contributed by atoms with Crippen molar-refractivity contribution in [3.63, 3.8) is 0 Å². The van der Waals surface area contributed by atoms with Crippen LogP contribution in [0.4, 0.5) is 5.69 Å². The first-order valence-corrected chi connectivity index (χ1v) is 8.17. The minimum absolute atomic E-state index is 0.0198. The molecule has 0 bridgehead atoms. The van der Waals surface area contributed by atoms with Crippen LogP contribution in [0.3, 0.4) is 0 Å². The number of carbonyl (C=O) groups is 1. The molecule has 2 N–H and O–H groups in total. The van der Waals surface area contributed by atoms with Crippen LogP contribution in [-0.2, 0) is 4.79 Å². The number of anilines is 1. The molecule has 5 nitrogen and oxygen atoms in total. The molecule has 0 aromatic heterocycles. The van der Waals surface area contributed by atoms with Crippen LogP contribution in [0.1, 0.15) is 20.3 Å². The Morgan fingerprint density at radius 1 is 1.36 bits per heavy atom. The molecular formula is C17H28N3O2+. The minimum atomic E-state index is 0.0198. The van der Waals surface area contributed by atoms with Crippen molar-refractivity contribution in [3.05, 3.63) is 24.3 Å². The molecule has 2 rings (SSSR count). The number of hydrogen-bond acceptors (Lipinski definition) is 3. The van der Waals surface area contributed by atoms with Crippen LogP contribution in [0.2, 0.25) is 0 Å². The Bertz CT molecular complexity index is 485. The number of hydrogen-bond donors (Lipinski definition) is 2. The second-order valence-electron chi connectivity index (χ2n) is 5.83. The molecule has 5 heteroatoms. The SMILES string of the molecule is CCCNC(=O)[C@@H](C)[NH+]1CCN(c2ccccc2OC)CC1. The highest BCUT2D eigenvalue weighted by atomic mass is 16.5. The average Bonchev–Trinajstić information content (AvgIpc) is 2.59. The van der Waals surface area contributed by atoms with Gasteiger partial charge < -0.3 is 19.9 Å². The Kier molecular flexibility index (Phi) is 6.07. The highest BCUT2D eigenvalue weighted by Crippen LogP contribution is 2.27. The number of methoxy groups -OCH3 is 1. The summed E-state index contributed by atoms with van der Waals surface area (Å²) in [6.45, 7) is 8.70. The molecule has 0 unspecified atom stereocenters. The van der Waals surface area contributed by atoms with Crippen LogP contribution < -0.4 is 19.9 Å². The molecule has 1 aromatic carbocycles. The monoisotopic (exact) mass is 306 g/mol. The van der Waals surface area contributed by atoms with E-state index in [1.165, 1.54) is 4.90 Å². The first-order valence-electron chi connectivity index (χ1n) is 8.17. The lowest BCUT2D eigenvalue weighted by Gasteiger charge is -2.36. The molecule has 1 atom stereocenters. The summed E-state index contributed by atoms with van der Waals surface area (Å²) in [5.74, 6) is 1.09. The summed E-state index contributed by atoms with van der Waals surface area (Å²) in [4.78, 5) is 15.8. The smallest absolute Gasteiger partial charge is 0.278 e. The van der Waals surface area contributed by atoms with E-state index >= 15 is 0 Å². The van der Waals surface area contributed by atoms with Crippen LogP contribution in [0.15, 0.2) is 24.3 Å². The largest absolute Gasteiger partial charge is 0.495 e. The first-order chi connectivity index (χ1) is 10.7. The van der Waals surface area contributed by atoms with Gasteiger partial charge in [0.05, 0.1) is 39.0 Å². The number of carbonyl (C=O) groups excluding carboxylic acids is 1. The normalized spacial score (nSPS) is 17.1. The van der Waals surface area contributed by atoms with Gasteiger partial charge in [-0.15, -0.1) is 0 Å². The number of nitrogens with one attached hydrogen (secondary N) is 2. The molecule has 1 heterocycles. The predicted molar refractivity (Wildman–Crippen MR) is 88.7 cm³/mol. The summed E-state index contributed by atoms with van der Waals surface area (Å²) >= 11 is 0. The Morgan fingerprint density at radius 2 is 2.05 bits per heavy atom. The van der Waals surface area contributed by atoms with E-state index in [1.54, 1.807) is 7.11 Å². The van der Waals surface area contributed by atoms with E-state index in [1.807, 2.05) is 25.1 Å². The fraction of sp³-hybridized carbons (Fsp3) is 0.588. The van der Waals surface area contributed by atoms with Crippen molar-refractivity contribution >= 4 is 11.6 Å². The molecule has 1 amide bonds. The predicted octanol–water partition coefficient (Wildman–Crippen LogP) is 0.315. The third kappa shape index (κ3) is 3.91. The summed E-state index contributed by atoms with van der Waals surface area (Å²) in [7, 11) is 1.71. The third-order valence-corrected chi connectivity index (χ3v) is 4.39. The van der Waals surface area contributed by atoms with Crippen molar-refractivity contribution < 1.29 is 14.4 Å². The van der Waals surface area contributed by atoms with Crippen molar-refractivity contribution in [3.8, 4) is 5.75 Å². The van der Waals surface area contributed by atoms with E-state index in [0.29, 0.717) is 0 Å². The van der Waals surface area contributed by atoms with Gasteiger partial charge in [0.1, 0.15) is 5.75 Å². The van der Waals surface area contributed by atoms with E-state index in [-0.39, 0.29) is 11.9 Å². The lowest BCUT2D eigenvalue weighted by molar-refractivity contribution is -0.914. The van der Waals surface area contributed by atoms with Gasteiger partial charge in [-0.05, 0) is 25.5 Å². The molecule has 1 aliphatic rings. The molecule has 1 aromatic rings. The number of nitrogens with zero attached hydrogens (tertiary/aromatic N) is 1. The number of rotatable bonds is 6. The number of ether oxygens (including phenoxy) is 1. The maximum Gasteiger partial charge on any atom is 0.278 e. The minimum Gasteiger partial charge on any atom is -0.495 e. The van der Waals surface area contributed by atoms with Gasteiger partial charge in [-0.1, -0.05) is 19.1 Å². The number of para-hydroxylation sites is 2. The zero-order valence-corrected chi connectivity index (χ0v) is 13.9. The lowest BCUT2D eigenvalue weighted by atomic mass is 10.2. The average molecular weight is 306 g/mol. The zero-order chi connectivity index (χ0) is 15.9. The number of piperazine rings is 1. The molecule has 122 valence electrons. The Labute approximate surface area is 133 Å². The van der Waals surface area contributed by atoms with Gasteiger partial charge in [-0.2, -0.15) is 0 Å². The van der Waals surface area contributed by atoms with Gasteiger partial charge >= 0.3 is 0 Å². The van der Waals surface area contributed by atoms with Crippen LogP contribution in [0.25, 0.3) is 0 Å². The van der Waals surface area contributed by atoms with Crippen LogP contribution >= 0.6 is 0 Å². The van der Waals surface area contributed by atoms with Gasteiger partial charge in [0.15, 0.2) is 6.04 Å². The highest BCUT2D eigenvalue weighted by Gasteiger charge is 2.29. The highest BCUT2D eigenvalue weighted by molar-refractivity contribution is 5.79. The maximum absolute atomic E-state index is 12.1. The molecule has 1 aliphatic heterocycles. The molecule has 22 heavy (non-hydrogen) atoms. The summed E-state index contributed by atoms with van der Waals surface area (Å²) in [5.41, 5.74) is 1.15. The number of benzene rings is 1.